The van der Waals surface area contributed by atoms with Crippen LogP contribution < -0.4 is 5.73 Å². The van der Waals surface area contributed by atoms with E-state index in [-0.39, 0.29) is 218 Å². The smallest absolute Gasteiger partial charge is 0.172 e. The minimum Gasteiger partial charge on any atom is -0.393 e. The van der Waals surface area contributed by atoms with Gasteiger partial charge in [-0.15, -0.1) is 23.2 Å². The third-order valence-electron chi connectivity index (χ3n) is 28.6. The number of fused-ring (bicyclic) bond motifs is 12. The molecule has 20 rings (SSSR count). The lowest BCUT2D eigenvalue weighted by molar-refractivity contribution is -0.292. The second-order valence-electron chi connectivity index (χ2n) is 35.4. The minimum absolute atomic E-state index is 0.00127. The standard InChI is InChI=1S/C41H60O10.C40H59NO10.CH2Cl2/c1-6-24(42)17-32-23(5)29-16-25(43)15-27-8-10-31-36(46-27)40-39-38(48-31)37-35(49-39)19-41(50-37,51-40)12-11-28-14-21(3)30(44-28)9-7-26-13-20(2)22(4)33(45-26)18-34(29)47-32;1-19-11-25-5-7-29-20(2)12-27(44-29)9-10-40-17-34-36(50-40)37-38(49-34)39(51-40)35-30(48-37)8-6-26(46-35)13-23(42)14-28-22(4)31(15-24(43)18-41)47-33(28)16-32(45-25)21(19)3;2-1-3/h20,23-24,26-40,42H,3-4,6-19H2,1-2,5H3;19,22,24-39,43H,2-3,5-18,41H2,1,4H3;1H2/t20-,23-,24-,26+,27-,28+,29-,30+,31?,32-,33-,34+,35-,36+,37+,38+,39-,40+,41?;19-,22-,24+,25+,26-,27+,28-,29+,30?,31-,32-,33+,34-,35+,36+,37+,38-,39+,40?;/m11./s1. The van der Waals surface area contributed by atoms with Gasteiger partial charge in [-0.3, -0.25) is 9.59 Å². The van der Waals surface area contributed by atoms with Crippen LogP contribution in [0.25, 0.3) is 0 Å². The Morgan fingerprint density at radius 2 is 0.800 bits per heavy atom. The van der Waals surface area contributed by atoms with Gasteiger partial charge in [0, 0.05) is 77.2 Å². The topological polar surface area (TPSA) is 248 Å². The van der Waals surface area contributed by atoms with Gasteiger partial charge in [-0.2, -0.15) is 0 Å². The third-order valence-corrected chi connectivity index (χ3v) is 28.6. The summed E-state index contributed by atoms with van der Waals surface area (Å²) in [6.45, 7) is 28.9. The highest BCUT2D eigenvalue weighted by Crippen LogP contribution is 2.58. The molecule has 21 nitrogen and oxygen atoms in total. The maximum Gasteiger partial charge on any atom is 0.172 e. The second kappa shape index (κ2) is 31.8. The highest BCUT2D eigenvalue weighted by atomic mass is 35.5. The Morgan fingerprint density at radius 1 is 0.419 bits per heavy atom. The molecular formula is C82H121Cl2NO20. The highest BCUT2D eigenvalue weighted by molar-refractivity contribution is 6.40. The number of ether oxygens (including phenoxy) is 16. The first-order chi connectivity index (χ1) is 50.5. The van der Waals surface area contributed by atoms with Crippen LogP contribution in [0.15, 0.2) is 48.6 Å². The van der Waals surface area contributed by atoms with Crippen LogP contribution in [0.2, 0.25) is 0 Å². The van der Waals surface area contributed by atoms with E-state index in [1.807, 2.05) is 6.92 Å². The number of Topliss-reactive ketones (excluding diaryl/α,β-unsaturated/α-hetero) is 2. The van der Waals surface area contributed by atoms with E-state index in [1.54, 1.807) is 0 Å². The fraction of sp³-hybridized carbons (Fsp3) is 0.878. The lowest BCUT2D eigenvalue weighted by atomic mass is 9.78. The maximum atomic E-state index is 14.0. The summed E-state index contributed by atoms with van der Waals surface area (Å²) in [6, 6.07) is 0. The van der Waals surface area contributed by atoms with Gasteiger partial charge in [0.05, 0.1) is 127 Å². The van der Waals surface area contributed by atoms with Crippen LogP contribution in [0.1, 0.15) is 208 Å². The summed E-state index contributed by atoms with van der Waals surface area (Å²) in [5.74, 6) is -0.299. The Kier molecular flexibility index (Phi) is 23.4. The number of carbonyl (C=O) groups excluding carboxylic acids is 2. The van der Waals surface area contributed by atoms with Crippen molar-refractivity contribution in [1.29, 1.82) is 0 Å². The highest BCUT2D eigenvalue weighted by Gasteiger charge is 2.71. The van der Waals surface area contributed by atoms with E-state index in [9.17, 15) is 19.8 Å². The van der Waals surface area contributed by atoms with Crippen LogP contribution in [-0.4, -0.2) is 228 Å². The summed E-state index contributed by atoms with van der Waals surface area (Å²) >= 11 is 9.53. The van der Waals surface area contributed by atoms with Gasteiger partial charge in [0.1, 0.15) is 72.6 Å². The number of hydrogen-bond acceptors (Lipinski definition) is 21. The number of aliphatic hydroxyl groups is 2. The molecule has 0 radical (unpaired) electrons. The fourth-order valence-corrected chi connectivity index (χ4v) is 22.6. The van der Waals surface area contributed by atoms with Gasteiger partial charge in [-0.05, 0) is 161 Å². The van der Waals surface area contributed by atoms with Gasteiger partial charge in [0.2, 0.25) is 0 Å². The zero-order chi connectivity index (χ0) is 73.1. The van der Waals surface area contributed by atoms with Crippen molar-refractivity contribution in [2.75, 3.05) is 11.9 Å². The molecule has 24 bridgehead atoms. The first-order valence-electron chi connectivity index (χ1n) is 41.0. The number of aliphatic hydroxyl groups excluding tert-OH is 2. The van der Waals surface area contributed by atoms with E-state index in [1.165, 1.54) is 0 Å². The summed E-state index contributed by atoms with van der Waals surface area (Å²) in [6.07, 6.45) is 14.3. The van der Waals surface area contributed by atoms with Crippen molar-refractivity contribution in [3.05, 3.63) is 48.6 Å². The number of ketones is 2. The molecule has 23 heteroatoms. The molecule has 0 amide bonds. The zero-order valence-corrected chi connectivity index (χ0v) is 64.2. The first kappa shape index (κ1) is 77.1. The molecule has 20 aliphatic rings. The molecule has 2 spiro atoms. The molecule has 20 saturated heterocycles. The summed E-state index contributed by atoms with van der Waals surface area (Å²) in [5, 5.41) is 21.3. The van der Waals surface area contributed by atoms with E-state index < -0.39 is 23.8 Å². The minimum atomic E-state index is -0.765. The lowest BCUT2D eigenvalue weighted by Gasteiger charge is -2.47. The molecule has 0 aromatic heterocycles. The van der Waals surface area contributed by atoms with Crippen molar-refractivity contribution in [3.8, 4) is 0 Å². The SMILES string of the molecule is C=C1C[C@@H]2CCC34C[C@H]5O[C@@H]6[C@@H](OC7CC[C@H](CC(=O)C[C@@H]8[C@@H](C)[C@@H](C[C@H](O)CC)O[C@H]8C[C@H]8O[C@@H](CC[C@@H]1O2)C[C@@H](C)C8=C)O[C@@H]7[C@@H]6O3)[C@H]5O4.C=C1C[C@@H]2CCC34C[C@H]5O[C@@H]6[C@@H](OC7CC[C@H](CC(=O)C[C@@H]8[C@@H](C)[C@@H](C[C@H](O)CN)O[C@H]8C[C@H]8O[C@@H](CC[C@@H]1O2)C[C@@H](C)C8=C)O[C@@H]7[C@@H]6O3)[C@H]5O4.ClCCl. The van der Waals surface area contributed by atoms with Crippen molar-refractivity contribution in [2.24, 2.45) is 41.2 Å². The molecule has 105 heavy (non-hydrogen) atoms. The predicted molar refractivity (Wildman–Crippen MR) is 387 cm³/mol. The molecule has 38 atom stereocenters. The molecule has 20 heterocycles. The van der Waals surface area contributed by atoms with Crippen molar-refractivity contribution in [1.82, 2.24) is 0 Å². The number of nitrogens with two attached hydrogens (primary N) is 1. The molecular weight excluding hydrogens is 1390 g/mol. The van der Waals surface area contributed by atoms with E-state index >= 15 is 0 Å². The summed E-state index contributed by atoms with van der Waals surface area (Å²) < 4.78 is 108. The predicted octanol–water partition coefficient (Wildman–Crippen LogP) is 11.0. The molecule has 4 N–H and O–H groups in total. The van der Waals surface area contributed by atoms with E-state index in [2.05, 4.69) is 54.0 Å². The largest absolute Gasteiger partial charge is 0.393 e. The quantitative estimate of drug-likeness (QED) is 0.165. The average molecular weight is 1510 g/mol. The van der Waals surface area contributed by atoms with E-state index in [0.29, 0.717) is 88.9 Å². The maximum absolute atomic E-state index is 14.0. The number of carbonyl (C=O) groups is 2. The molecule has 588 valence electrons. The molecule has 0 aromatic rings. The van der Waals surface area contributed by atoms with Crippen LogP contribution >= 0.6 is 23.2 Å². The Morgan fingerprint density at radius 3 is 1.23 bits per heavy atom. The molecule has 0 aromatic carbocycles. The van der Waals surface area contributed by atoms with Crippen LogP contribution in [0.5, 0.6) is 0 Å². The summed E-state index contributed by atoms with van der Waals surface area (Å²) in [5.41, 5.74) is 10.3. The normalized spacial score (nSPS) is 51.8. The molecule has 20 aliphatic heterocycles. The Bertz CT molecular complexity index is 2950. The van der Waals surface area contributed by atoms with E-state index in [4.69, 9.17) is 105 Å². The Labute approximate surface area is 631 Å². The second-order valence-corrected chi connectivity index (χ2v) is 36.3. The van der Waals surface area contributed by atoms with Gasteiger partial charge in [-0.25, -0.2) is 0 Å². The van der Waals surface area contributed by atoms with Gasteiger partial charge in [0.15, 0.2) is 11.6 Å². The van der Waals surface area contributed by atoms with Gasteiger partial charge >= 0.3 is 0 Å². The van der Waals surface area contributed by atoms with Gasteiger partial charge < -0.3 is 91.7 Å². The Hall–Kier alpha value is -1.88. The first-order valence-corrected chi connectivity index (χ1v) is 42.1. The number of halogens is 2. The average Bonchev–Trinajstić information content (AvgIpc) is 1.56. The summed E-state index contributed by atoms with van der Waals surface area (Å²) in [7, 11) is 0. The van der Waals surface area contributed by atoms with Crippen molar-refractivity contribution in [2.45, 2.75) is 403 Å². The van der Waals surface area contributed by atoms with Gasteiger partial charge in [0.25, 0.3) is 0 Å². The Balaban J connectivity index is 0.000000156. The van der Waals surface area contributed by atoms with E-state index in [0.717, 1.165) is 119 Å². The number of rotatable bonds is 6. The number of alkyl halides is 2. The zero-order valence-electron chi connectivity index (χ0n) is 62.7. The van der Waals surface area contributed by atoms with Crippen molar-refractivity contribution in [3.63, 3.8) is 0 Å². The van der Waals surface area contributed by atoms with Crippen LogP contribution in [0, 0.1) is 35.5 Å². The van der Waals surface area contributed by atoms with Crippen molar-refractivity contribution >= 4 is 34.8 Å². The molecule has 0 aliphatic carbocycles. The van der Waals surface area contributed by atoms with Crippen LogP contribution in [-0.2, 0) is 85.4 Å². The monoisotopic (exact) mass is 1510 g/mol. The van der Waals surface area contributed by atoms with Gasteiger partial charge in [-0.1, -0.05) is 60.9 Å². The van der Waals surface area contributed by atoms with Crippen LogP contribution in [0.4, 0.5) is 0 Å². The molecule has 0 saturated carbocycles. The molecule has 20 fully saturated rings. The number of hydrogen-bond donors (Lipinski definition) is 3. The fourth-order valence-electron chi connectivity index (χ4n) is 22.6. The molecule has 4 unspecified atom stereocenters. The lowest BCUT2D eigenvalue weighted by Crippen LogP contribution is -2.61. The summed E-state index contributed by atoms with van der Waals surface area (Å²) in [4.78, 5) is 28.0. The van der Waals surface area contributed by atoms with Crippen LogP contribution in [0.3, 0.4) is 0 Å². The van der Waals surface area contributed by atoms with Crippen molar-refractivity contribution < 1.29 is 95.6 Å². The third kappa shape index (κ3) is 15.6.